The van der Waals surface area contributed by atoms with Crippen molar-refractivity contribution in [2.45, 2.75) is 26.4 Å². The summed E-state index contributed by atoms with van der Waals surface area (Å²) in [7, 11) is 0. The number of aryl methyl sites for hydroxylation is 1. The molecule has 0 heterocycles. The molecular weight excluding hydrogens is 246 g/mol. The van der Waals surface area contributed by atoms with E-state index in [1.54, 1.807) is 19.1 Å². The molecule has 0 aliphatic carbocycles. The first-order valence-corrected chi connectivity index (χ1v) is 5.46. The molecule has 1 aromatic rings. The molecule has 0 aliphatic rings. The fourth-order valence-electron chi connectivity index (χ4n) is 1.49. The van der Waals surface area contributed by atoms with Crippen LogP contribution in [0.1, 0.15) is 18.9 Å². The third-order valence-electron chi connectivity index (χ3n) is 2.18. The molecule has 0 spiro atoms. The zero-order valence-electron chi connectivity index (χ0n) is 9.86. The summed E-state index contributed by atoms with van der Waals surface area (Å²) in [5.41, 5.74) is 0.392. The fourth-order valence-corrected chi connectivity index (χ4v) is 1.49. The largest absolute Gasteiger partial charge is 0.490 e. The Morgan fingerprint density at radius 3 is 2.72 bits per heavy atom. The van der Waals surface area contributed by atoms with Crippen molar-refractivity contribution >= 4 is 5.97 Å². The highest BCUT2D eigenvalue weighted by atomic mass is 19.3. The van der Waals surface area contributed by atoms with Crippen molar-refractivity contribution in [3.05, 3.63) is 23.8 Å². The van der Waals surface area contributed by atoms with Gasteiger partial charge in [-0.25, -0.2) is 0 Å². The van der Waals surface area contributed by atoms with Crippen LogP contribution in [0.4, 0.5) is 8.78 Å². The average Bonchev–Trinajstić information content (AvgIpc) is 2.29. The first kappa shape index (κ1) is 14.2. The van der Waals surface area contributed by atoms with E-state index in [2.05, 4.69) is 4.74 Å². The number of alkyl halides is 2. The van der Waals surface area contributed by atoms with Gasteiger partial charge in [0.15, 0.2) is 11.5 Å². The van der Waals surface area contributed by atoms with Crippen LogP contribution in [0.25, 0.3) is 0 Å². The molecule has 0 aliphatic heterocycles. The van der Waals surface area contributed by atoms with Gasteiger partial charge in [-0.3, -0.25) is 4.79 Å². The molecule has 0 atom stereocenters. The molecule has 0 fully saturated rings. The Morgan fingerprint density at radius 1 is 1.44 bits per heavy atom. The zero-order chi connectivity index (χ0) is 13.5. The first-order chi connectivity index (χ1) is 8.54. The smallest absolute Gasteiger partial charge is 0.387 e. The summed E-state index contributed by atoms with van der Waals surface area (Å²) in [6.07, 6.45) is -0.0481. The summed E-state index contributed by atoms with van der Waals surface area (Å²) < 4.78 is 34.2. The van der Waals surface area contributed by atoms with Gasteiger partial charge in [-0.05, 0) is 25.0 Å². The summed E-state index contributed by atoms with van der Waals surface area (Å²) in [4.78, 5) is 10.5. The van der Waals surface area contributed by atoms with E-state index in [4.69, 9.17) is 9.84 Å². The van der Waals surface area contributed by atoms with Gasteiger partial charge >= 0.3 is 12.6 Å². The van der Waals surface area contributed by atoms with Crippen molar-refractivity contribution in [3.63, 3.8) is 0 Å². The minimum Gasteiger partial charge on any atom is -0.490 e. The van der Waals surface area contributed by atoms with E-state index >= 15 is 0 Å². The lowest BCUT2D eigenvalue weighted by atomic mass is 10.1. The Kier molecular flexibility index (Phi) is 5.35. The fraction of sp³-hybridized carbons (Fsp3) is 0.417. The maximum absolute atomic E-state index is 12.3. The summed E-state index contributed by atoms with van der Waals surface area (Å²) in [6.45, 7) is -0.951. The topological polar surface area (TPSA) is 55.8 Å². The Balaban J connectivity index is 2.98. The highest BCUT2D eigenvalue weighted by Crippen LogP contribution is 2.33. The normalized spacial score (nSPS) is 10.4. The Bertz CT molecular complexity index is 407. The Hall–Kier alpha value is -1.85. The number of carboxylic acids is 1. The van der Waals surface area contributed by atoms with Crippen molar-refractivity contribution in [1.82, 2.24) is 0 Å². The number of ether oxygens (including phenoxy) is 2. The van der Waals surface area contributed by atoms with Gasteiger partial charge in [-0.15, -0.1) is 0 Å². The molecular formula is C12H14F2O4. The van der Waals surface area contributed by atoms with Crippen LogP contribution in [-0.4, -0.2) is 24.3 Å². The van der Waals surface area contributed by atoms with E-state index < -0.39 is 12.6 Å². The molecule has 1 N–H and O–H groups in total. The maximum Gasteiger partial charge on any atom is 0.387 e. The van der Waals surface area contributed by atoms with Gasteiger partial charge in [-0.1, -0.05) is 12.1 Å². The molecule has 100 valence electrons. The predicted octanol–water partition coefficient (Wildman–Crippen LogP) is 2.70. The minimum atomic E-state index is -2.98. The summed E-state index contributed by atoms with van der Waals surface area (Å²) in [5.74, 6) is -0.893. The molecule has 0 saturated heterocycles. The number of hydrogen-bond donors (Lipinski definition) is 1. The van der Waals surface area contributed by atoms with Crippen LogP contribution in [0.3, 0.4) is 0 Å². The average molecular weight is 260 g/mol. The lowest BCUT2D eigenvalue weighted by Gasteiger charge is -2.14. The van der Waals surface area contributed by atoms with Crippen molar-refractivity contribution in [2.24, 2.45) is 0 Å². The van der Waals surface area contributed by atoms with Gasteiger partial charge in [0.2, 0.25) is 0 Å². The number of para-hydroxylation sites is 1. The number of carbonyl (C=O) groups is 1. The summed E-state index contributed by atoms with van der Waals surface area (Å²) in [5, 5.41) is 8.60. The van der Waals surface area contributed by atoms with E-state index in [0.29, 0.717) is 12.2 Å². The van der Waals surface area contributed by atoms with Crippen LogP contribution in [0.2, 0.25) is 0 Å². The second-order valence-electron chi connectivity index (χ2n) is 3.45. The first-order valence-electron chi connectivity index (χ1n) is 5.46. The van der Waals surface area contributed by atoms with Crippen molar-refractivity contribution in [1.29, 1.82) is 0 Å². The SMILES string of the molecule is CCOc1cccc(CCC(=O)O)c1OC(F)F. The number of aliphatic carboxylic acids is 1. The van der Waals surface area contributed by atoms with Crippen LogP contribution in [0, 0.1) is 0 Å². The van der Waals surface area contributed by atoms with Crippen LogP contribution in [0.5, 0.6) is 11.5 Å². The monoisotopic (exact) mass is 260 g/mol. The molecule has 1 rings (SSSR count). The Morgan fingerprint density at radius 2 is 2.17 bits per heavy atom. The number of hydrogen-bond acceptors (Lipinski definition) is 3. The van der Waals surface area contributed by atoms with Crippen LogP contribution in [0.15, 0.2) is 18.2 Å². The van der Waals surface area contributed by atoms with Crippen molar-refractivity contribution in [3.8, 4) is 11.5 Å². The molecule has 0 aromatic heterocycles. The number of rotatable bonds is 7. The van der Waals surface area contributed by atoms with E-state index in [1.165, 1.54) is 6.07 Å². The molecule has 1 aromatic carbocycles. The molecule has 0 amide bonds. The van der Waals surface area contributed by atoms with Crippen molar-refractivity contribution < 1.29 is 28.2 Å². The molecule has 0 radical (unpaired) electrons. The second kappa shape index (κ2) is 6.78. The summed E-state index contributed by atoms with van der Waals surface area (Å²) in [6, 6.07) is 4.66. The predicted molar refractivity (Wildman–Crippen MR) is 60.2 cm³/mol. The lowest BCUT2D eigenvalue weighted by molar-refractivity contribution is -0.136. The van der Waals surface area contributed by atoms with Gasteiger partial charge in [-0.2, -0.15) is 8.78 Å². The number of halogens is 2. The molecule has 18 heavy (non-hydrogen) atoms. The third kappa shape index (κ3) is 4.20. The molecule has 0 unspecified atom stereocenters. The lowest BCUT2D eigenvalue weighted by Crippen LogP contribution is -2.08. The van der Waals surface area contributed by atoms with Gasteiger partial charge in [0.05, 0.1) is 6.61 Å². The summed E-state index contributed by atoms with van der Waals surface area (Å²) >= 11 is 0. The van der Waals surface area contributed by atoms with Crippen LogP contribution in [-0.2, 0) is 11.2 Å². The second-order valence-corrected chi connectivity index (χ2v) is 3.45. The highest BCUT2D eigenvalue weighted by molar-refractivity contribution is 5.67. The molecule has 4 nitrogen and oxygen atoms in total. The molecule has 6 heteroatoms. The number of benzene rings is 1. The standard InChI is InChI=1S/C12H14F2O4/c1-2-17-9-5-3-4-8(6-7-10(15)16)11(9)18-12(13)14/h3-5,12H,2,6-7H2,1H3,(H,15,16). The van der Waals surface area contributed by atoms with E-state index in [0.717, 1.165) is 0 Å². The van der Waals surface area contributed by atoms with Crippen LogP contribution >= 0.6 is 0 Å². The maximum atomic E-state index is 12.3. The quantitative estimate of drug-likeness (QED) is 0.819. The van der Waals surface area contributed by atoms with Gasteiger partial charge in [0.1, 0.15) is 0 Å². The van der Waals surface area contributed by atoms with E-state index in [-0.39, 0.29) is 24.3 Å². The number of carboxylic acid groups (broad SMARTS) is 1. The van der Waals surface area contributed by atoms with E-state index in [1.807, 2.05) is 0 Å². The zero-order valence-corrected chi connectivity index (χ0v) is 9.86. The molecule has 0 bridgehead atoms. The van der Waals surface area contributed by atoms with E-state index in [9.17, 15) is 13.6 Å². The van der Waals surface area contributed by atoms with Crippen molar-refractivity contribution in [2.75, 3.05) is 6.61 Å². The minimum absolute atomic E-state index is 0.0874. The van der Waals surface area contributed by atoms with Gasteiger partial charge in [0, 0.05) is 6.42 Å². The molecule has 0 saturated carbocycles. The van der Waals surface area contributed by atoms with Crippen LogP contribution < -0.4 is 9.47 Å². The third-order valence-corrected chi connectivity index (χ3v) is 2.18. The van der Waals surface area contributed by atoms with Gasteiger partial charge in [0.25, 0.3) is 0 Å². The Labute approximate surface area is 103 Å². The van der Waals surface area contributed by atoms with Gasteiger partial charge < -0.3 is 14.6 Å². The highest BCUT2D eigenvalue weighted by Gasteiger charge is 2.16.